The summed E-state index contributed by atoms with van der Waals surface area (Å²) in [5.41, 5.74) is 1.92. The number of para-hydroxylation sites is 2. The first-order valence-corrected chi connectivity index (χ1v) is 10.4. The quantitative estimate of drug-likeness (QED) is 0.463. The van der Waals surface area contributed by atoms with E-state index in [4.69, 9.17) is 9.47 Å². The summed E-state index contributed by atoms with van der Waals surface area (Å²) in [6.07, 6.45) is 1.81. The van der Waals surface area contributed by atoms with Crippen LogP contribution in [-0.4, -0.2) is 38.8 Å². The summed E-state index contributed by atoms with van der Waals surface area (Å²) in [6.45, 7) is 8.76. The van der Waals surface area contributed by atoms with Gasteiger partial charge in [-0.2, -0.15) is 5.26 Å². The van der Waals surface area contributed by atoms with Crippen molar-refractivity contribution in [3.05, 3.63) is 59.7 Å². The van der Waals surface area contributed by atoms with Gasteiger partial charge in [0.2, 0.25) is 0 Å². The fourth-order valence-electron chi connectivity index (χ4n) is 3.84. The van der Waals surface area contributed by atoms with Crippen molar-refractivity contribution in [1.29, 1.82) is 5.26 Å². The summed E-state index contributed by atoms with van der Waals surface area (Å²) in [7, 11) is 3.75. The van der Waals surface area contributed by atoms with E-state index in [2.05, 4.69) is 50.9 Å². The zero-order valence-electron chi connectivity index (χ0n) is 18.9. The van der Waals surface area contributed by atoms with E-state index < -0.39 is 5.41 Å². The van der Waals surface area contributed by atoms with E-state index in [1.807, 2.05) is 36.4 Å². The minimum absolute atomic E-state index is 0. The largest absolute Gasteiger partial charge is 0.493 e. The molecule has 0 saturated heterocycles. The predicted octanol–water partition coefficient (Wildman–Crippen LogP) is 5.63. The highest BCUT2D eigenvalue weighted by molar-refractivity contribution is 5.85. The minimum atomic E-state index is -0.444. The standard InChI is InChI=1S/C25H34N2O2.ClH/c1-20(2)25(19-26,22-12-7-6-11-21(22)3)15-10-16-27(4)17-18-29-24-14-9-8-13-23(24)28-5;/h6-9,11-14,20H,10,15-18H2,1-5H3;1H. The van der Waals surface area contributed by atoms with Crippen molar-refractivity contribution in [2.24, 2.45) is 5.92 Å². The third kappa shape index (κ3) is 6.39. The van der Waals surface area contributed by atoms with E-state index in [0.717, 1.165) is 37.4 Å². The van der Waals surface area contributed by atoms with E-state index in [9.17, 15) is 5.26 Å². The maximum atomic E-state index is 10.1. The SMILES string of the molecule is COc1ccccc1OCCN(C)CCCC(C#N)(c1ccccc1C)C(C)C.Cl. The van der Waals surface area contributed by atoms with E-state index in [-0.39, 0.29) is 18.3 Å². The van der Waals surface area contributed by atoms with Gasteiger partial charge in [-0.15, -0.1) is 12.4 Å². The molecule has 0 radical (unpaired) electrons. The van der Waals surface area contributed by atoms with Gasteiger partial charge in [-0.25, -0.2) is 0 Å². The van der Waals surface area contributed by atoms with Gasteiger partial charge in [0.1, 0.15) is 6.61 Å². The molecule has 2 rings (SSSR count). The van der Waals surface area contributed by atoms with E-state index in [1.165, 1.54) is 11.1 Å². The van der Waals surface area contributed by atoms with Crippen LogP contribution in [0.2, 0.25) is 0 Å². The van der Waals surface area contributed by atoms with Crippen LogP contribution in [0.3, 0.4) is 0 Å². The lowest BCUT2D eigenvalue weighted by molar-refractivity contribution is 0.222. The topological polar surface area (TPSA) is 45.5 Å². The fraction of sp³-hybridized carbons (Fsp3) is 0.480. The molecule has 0 N–H and O–H groups in total. The van der Waals surface area contributed by atoms with Crippen LogP contribution in [0.4, 0.5) is 0 Å². The number of halogens is 1. The molecule has 0 heterocycles. The highest BCUT2D eigenvalue weighted by Gasteiger charge is 2.36. The van der Waals surface area contributed by atoms with E-state index in [1.54, 1.807) is 7.11 Å². The molecule has 0 fully saturated rings. The first kappa shape index (κ1) is 25.8. The molecule has 30 heavy (non-hydrogen) atoms. The number of ether oxygens (including phenoxy) is 2. The predicted molar refractivity (Wildman–Crippen MR) is 126 cm³/mol. The first-order chi connectivity index (χ1) is 13.9. The summed E-state index contributed by atoms with van der Waals surface area (Å²) in [4.78, 5) is 2.26. The summed E-state index contributed by atoms with van der Waals surface area (Å²) >= 11 is 0. The van der Waals surface area contributed by atoms with Crippen molar-refractivity contribution in [3.63, 3.8) is 0 Å². The Labute approximate surface area is 188 Å². The molecule has 0 aromatic heterocycles. The number of nitrogens with zero attached hydrogens (tertiary/aromatic N) is 2. The number of hydrogen-bond acceptors (Lipinski definition) is 4. The van der Waals surface area contributed by atoms with Gasteiger partial charge in [0, 0.05) is 6.54 Å². The smallest absolute Gasteiger partial charge is 0.161 e. The Hall–Kier alpha value is -2.22. The molecule has 1 unspecified atom stereocenters. The number of methoxy groups -OCH3 is 1. The Morgan fingerprint density at radius 1 is 1.03 bits per heavy atom. The van der Waals surface area contributed by atoms with Crippen LogP contribution in [0.1, 0.15) is 37.8 Å². The average molecular weight is 431 g/mol. The zero-order valence-corrected chi connectivity index (χ0v) is 19.7. The third-order valence-corrected chi connectivity index (χ3v) is 5.72. The Morgan fingerprint density at radius 3 is 2.27 bits per heavy atom. The van der Waals surface area contributed by atoms with Crippen molar-refractivity contribution >= 4 is 12.4 Å². The molecule has 2 aromatic rings. The molecular formula is C25H35ClN2O2. The second-order valence-electron chi connectivity index (χ2n) is 7.96. The second kappa shape index (κ2) is 12.5. The lowest BCUT2D eigenvalue weighted by Crippen LogP contribution is -2.33. The lowest BCUT2D eigenvalue weighted by Gasteiger charge is -2.33. The normalized spacial score (nSPS) is 12.7. The minimum Gasteiger partial charge on any atom is -0.493 e. The van der Waals surface area contributed by atoms with Crippen molar-refractivity contribution in [3.8, 4) is 17.6 Å². The Balaban J connectivity index is 0.00000450. The molecule has 0 aliphatic heterocycles. The van der Waals surface area contributed by atoms with Gasteiger partial charge in [-0.05, 0) is 62.5 Å². The molecule has 0 amide bonds. The molecule has 0 aliphatic rings. The molecule has 0 spiro atoms. The summed E-state index contributed by atoms with van der Waals surface area (Å²) in [6, 6.07) is 18.7. The average Bonchev–Trinajstić information content (AvgIpc) is 2.72. The Morgan fingerprint density at radius 2 is 1.67 bits per heavy atom. The van der Waals surface area contributed by atoms with E-state index >= 15 is 0 Å². The number of benzene rings is 2. The van der Waals surface area contributed by atoms with Crippen molar-refractivity contribution in [2.45, 2.75) is 39.0 Å². The van der Waals surface area contributed by atoms with Crippen LogP contribution in [0.5, 0.6) is 11.5 Å². The zero-order chi connectivity index (χ0) is 21.3. The van der Waals surface area contributed by atoms with Crippen molar-refractivity contribution in [2.75, 3.05) is 33.9 Å². The molecule has 0 aliphatic carbocycles. The maximum absolute atomic E-state index is 10.1. The van der Waals surface area contributed by atoms with Gasteiger partial charge in [0.05, 0.1) is 18.6 Å². The first-order valence-electron chi connectivity index (χ1n) is 10.4. The summed E-state index contributed by atoms with van der Waals surface area (Å²) < 4.78 is 11.2. The van der Waals surface area contributed by atoms with Gasteiger partial charge in [0.15, 0.2) is 11.5 Å². The van der Waals surface area contributed by atoms with Gasteiger partial charge in [-0.1, -0.05) is 50.2 Å². The number of aryl methyl sites for hydroxylation is 1. The number of nitriles is 1. The van der Waals surface area contributed by atoms with E-state index in [0.29, 0.717) is 6.61 Å². The Kier molecular flexibility index (Phi) is 10.7. The highest BCUT2D eigenvalue weighted by Crippen LogP contribution is 2.38. The molecular weight excluding hydrogens is 396 g/mol. The van der Waals surface area contributed by atoms with Gasteiger partial charge in [0.25, 0.3) is 0 Å². The molecule has 0 saturated carbocycles. The number of hydrogen-bond donors (Lipinski definition) is 0. The van der Waals surface area contributed by atoms with Gasteiger partial charge < -0.3 is 14.4 Å². The van der Waals surface area contributed by atoms with Gasteiger partial charge >= 0.3 is 0 Å². The lowest BCUT2D eigenvalue weighted by atomic mass is 9.68. The van der Waals surface area contributed by atoms with Crippen molar-refractivity contribution < 1.29 is 9.47 Å². The highest BCUT2D eigenvalue weighted by atomic mass is 35.5. The van der Waals surface area contributed by atoms with Crippen LogP contribution in [0.15, 0.2) is 48.5 Å². The number of rotatable bonds is 11. The molecule has 5 heteroatoms. The second-order valence-corrected chi connectivity index (χ2v) is 7.96. The molecule has 164 valence electrons. The fourth-order valence-corrected chi connectivity index (χ4v) is 3.84. The monoisotopic (exact) mass is 430 g/mol. The summed E-state index contributed by atoms with van der Waals surface area (Å²) in [5, 5.41) is 10.1. The molecule has 2 aromatic carbocycles. The molecule has 4 nitrogen and oxygen atoms in total. The van der Waals surface area contributed by atoms with Crippen LogP contribution in [0, 0.1) is 24.2 Å². The summed E-state index contributed by atoms with van der Waals surface area (Å²) in [5.74, 6) is 1.78. The maximum Gasteiger partial charge on any atom is 0.161 e. The van der Waals surface area contributed by atoms with Crippen LogP contribution >= 0.6 is 12.4 Å². The van der Waals surface area contributed by atoms with Crippen molar-refractivity contribution in [1.82, 2.24) is 4.90 Å². The van der Waals surface area contributed by atoms with Crippen LogP contribution in [-0.2, 0) is 5.41 Å². The van der Waals surface area contributed by atoms with Gasteiger partial charge in [-0.3, -0.25) is 0 Å². The van der Waals surface area contributed by atoms with Crippen LogP contribution < -0.4 is 9.47 Å². The molecule has 1 atom stereocenters. The van der Waals surface area contributed by atoms with Crippen LogP contribution in [0.25, 0.3) is 0 Å². The molecule has 0 bridgehead atoms. The third-order valence-electron chi connectivity index (χ3n) is 5.72. The Bertz CT molecular complexity index is 819. The number of likely N-dealkylation sites (N-methyl/N-ethyl adjacent to an activating group) is 1.